The smallest absolute Gasteiger partial charge is 0.270 e. The summed E-state index contributed by atoms with van der Waals surface area (Å²) in [4.78, 5) is 14.7. The number of hydrogen-bond donors (Lipinski definition) is 0. The highest BCUT2D eigenvalue weighted by Gasteiger charge is 2.13. The lowest BCUT2D eigenvalue weighted by molar-refractivity contribution is -0.384. The lowest BCUT2D eigenvalue weighted by Gasteiger charge is -1.97. The molecule has 0 aliphatic rings. The Labute approximate surface area is 99.4 Å². The van der Waals surface area contributed by atoms with Crippen LogP contribution in [0.25, 0.3) is 11.3 Å². The van der Waals surface area contributed by atoms with E-state index in [0.717, 1.165) is 0 Å². The van der Waals surface area contributed by atoms with Gasteiger partial charge in [0.1, 0.15) is 11.5 Å². The minimum Gasteiger partial charge on any atom is -0.436 e. The highest BCUT2D eigenvalue weighted by atomic mass is 79.9. The van der Waals surface area contributed by atoms with Crippen LogP contribution in [0.1, 0.15) is 5.76 Å². The predicted molar refractivity (Wildman–Crippen MR) is 61.0 cm³/mol. The summed E-state index contributed by atoms with van der Waals surface area (Å²) in [6.45, 7) is 1.76. The maximum atomic E-state index is 10.6. The molecule has 0 fully saturated rings. The van der Waals surface area contributed by atoms with E-state index >= 15 is 0 Å². The molecule has 0 aliphatic heterocycles. The number of rotatable bonds is 2. The first-order chi connectivity index (χ1) is 7.58. The lowest BCUT2D eigenvalue weighted by atomic mass is 10.1. The number of non-ortho nitro benzene ring substituents is 1. The van der Waals surface area contributed by atoms with E-state index in [2.05, 4.69) is 20.9 Å². The summed E-state index contributed by atoms with van der Waals surface area (Å²) >= 11 is 3.12. The number of hydrogen-bond acceptors (Lipinski definition) is 4. The molecule has 6 heteroatoms. The van der Waals surface area contributed by atoms with Crippen molar-refractivity contribution in [1.82, 2.24) is 4.98 Å². The van der Waals surface area contributed by atoms with Crippen molar-refractivity contribution >= 4 is 21.6 Å². The third-order valence-corrected chi connectivity index (χ3v) is 2.44. The van der Waals surface area contributed by atoms with E-state index in [1.54, 1.807) is 19.1 Å². The van der Waals surface area contributed by atoms with Gasteiger partial charge >= 0.3 is 0 Å². The van der Waals surface area contributed by atoms with E-state index in [4.69, 9.17) is 4.42 Å². The van der Waals surface area contributed by atoms with Crippen molar-refractivity contribution in [3.63, 3.8) is 0 Å². The van der Waals surface area contributed by atoms with Crippen LogP contribution in [-0.4, -0.2) is 9.91 Å². The van der Waals surface area contributed by atoms with Crippen molar-refractivity contribution < 1.29 is 9.34 Å². The van der Waals surface area contributed by atoms with Gasteiger partial charge in [0.05, 0.1) is 4.92 Å². The summed E-state index contributed by atoms with van der Waals surface area (Å²) in [6, 6.07) is 6.28. The molecule has 2 rings (SSSR count). The molecule has 0 amide bonds. The standard InChI is InChI=1S/C10H7BrN2O3/c1-6-9(12-10(11)16-6)7-3-2-4-8(5-7)13(14)15/h2-5H,1H3. The Hall–Kier alpha value is -1.69. The number of oxazole rings is 1. The Morgan fingerprint density at radius 2 is 2.25 bits per heavy atom. The molecule has 16 heavy (non-hydrogen) atoms. The molecule has 1 aromatic carbocycles. The van der Waals surface area contributed by atoms with Crippen LogP contribution in [0.15, 0.2) is 33.5 Å². The van der Waals surface area contributed by atoms with Crippen LogP contribution in [-0.2, 0) is 0 Å². The average molecular weight is 283 g/mol. The van der Waals surface area contributed by atoms with E-state index in [1.165, 1.54) is 12.1 Å². The fourth-order valence-corrected chi connectivity index (χ4v) is 1.82. The molecule has 82 valence electrons. The van der Waals surface area contributed by atoms with Gasteiger partial charge in [0, 0.05) is 33.6 Å². The minimum atomic E-state index is -0.437. The van der Waals surface area contributed by atoms with Crippen molar-refractivity contribution in [3.05, 3.63) is 44.9 Å². The fourth-order valence-electron chi connectivity index (χ4n) is 1.40. The molecule has 0 N–H and O–H groups in total. The molecule has 0 saturated carbocycles. The molecule has 5 nitrogen and oxygen atoms in total. The monoisotopic (exact) mass is 282 g/mol. The Bertz CT molecular complexity index is 551. The highest BCUT2D eigenvalue weighted by Crippen LogP contribution is 2.27. The highest BCUT2D eigenvalue weighted by molar-refractivity contribution is 9.10. The van der Waals surface area contributed by atoms with Gasteiger partial charge in [0.25, 0.3) is 10.5 Å². The van der Waals surface area contributed by atoms with Gasteiger partial charge < -0.3 is 4.42 Å². The molecule has 0 radical (unpaired) electrons. The summed E-state index contributed by atoms with van der Waals surface area (Å²) in [5, 5.41) is 10.6. The number of benzene rings is 1. The van der Waals surface area contributed by atoms with Crippen LogP contribution < -0.4 is 0 Å². The third-order valence-electron chi connectivity index (χ3n) is 2.10. The topological polar surface area (TPSA) is 69.2 Å². The van der Waals surface area contributed by atoms with Crippen molar-refractivity contribution in [2.24, 2.45) is 0 Å². The summed E-state index contributed by atoms with van der Waals surface area (Å²) in [5.41, 5.74) is 1.31. The maximum absolute atomic E-state index is 10.6. The third kappa shape index (κ3) is 1.96. The lowest BCUT2D eigenvalue weighted by Crippen LogP contribution is -1.88. The zero-order valence-corrected chi connectivity index (χ0v) is 9.89. The van der Waals surface area contributed by atoms with Crippen LogP contribution in [0, 0.1) is 17.0 Å². The second kappa shape index (κ2) is 4.05. The summed E-state index contributed by atoms with van der Waals surface area (Å²) in [6.07, 6.45) is 0. The molecule has 1 aromatic heterocycles. The van der Waals surface area contributed by atoms with Gasteiger partial charge in [0.2, 0.25) is 0 Å². The predicted octanol–water partition coefficient (Wildman–Crippen LogP) is 3.32. The first-order valence-electron chi connectivity index (χ1n) is 4.45. The largest absolute Gasteiger partial charge is 0.436 e. The second-order valence-electron chi connectivity index (χ2n) is 3.18. The Morgan fingerprint density at radius 1 is 1.50 bits per heavy atom. The van der Waals surface area contributed by atoms with Gasteiger partial charge in [-0.25, -0.2) is 4.98 Å². The normalized spacial score (nSPS) is 10.4. The Kier molecular flexibility index (Phi) is 2.74. The van der Waals surface area contributed by atoms with E-state index in [0.29, 0.717) is 21.8 Å². The summed E-state index contributed by atoms with van der Waals surface area (Å²) in [7, 11) is 0. The quantitative estimate of drug-likeness (QED) is 0.626. The number of nitro benzene ring substituents is 1. The Morgan fingerprint density at radius 3 is 2.81 bits per heavy atom. The van der Waals surface area contributed by atoms with Crippen molar-refractivity contribution in [2.75, 3.05) is 0 Å². The first kappa shape index (κ1) is 10.8. The van der Waals surface area contributed by atoms with Gasteiger partial charge in [-0.2, -0.15) is 0 Å². The van der Waals surface area contributed by atoms with E-state index in [-0.39, 0.29) is 5.69 Å². The first-order valence-corrected chi connectivity index (χ1v) is 5.25. The van der Waals surface area contributed by atoms with E-state index in [1.807, 2.05) is 0 Å². The minimum absolute atomic E-state index is 0.0380. The summed E-state index contributed by atoms with van der Waals surface area (Å²) < 4.78 is 5.20. The van der Waals surface area contributed by atoms with E-state index < -0.39 is 4.92 Å². The van der Waals surface area contributed by atoms with Gasteiger partial charge in [0.15, 0.2) is 0 Å². The SMILES string of the molecule is Cc1oc(Br)nc1-c1cccc([N+](=O)[O-])c1. The molecule has 0 spiro atoms. The zero-order chi connectivity index (χ0) is 11.7. The zero-order valence-electron chi connectivity index (χ0n) is 8.31. The van der Waals surface area contributed by atoms with Gasteiger partial charge in [-0.05, 0) is 6.92 Å². The van der Waals surface area contributed by atoms with Crippen molar-refractivity contribution in [1.29, 1.82) is 0 Å². The summed E-state index contributed by atoms with van der Waals surface area (Å²) in [5.74, 6) is 0.618. The van der Waals surface area contributed by atoms with Gasteiger partial charge in [-0.1, -0.05) is 12.1 Å². The molecule has 0 aliphatic carbocycles. The molecular formula is C10H7BrN2O3. The van der Waals surface area contributed by atoms with Crippen molar-refractivity contribution in [3.8, 4) is 11.3 Å². The fraction of sp³-hybridized carbons (Fsp3) is 0.100. The average Bonchev–Trinajstić information content (AvgIpc) is 2.58. The molecule has 2 aromatic rings. The molecular weight excluding hydrogens is 276 g/mol. The van der Waals surface area contributed by atoms with Crippen LogP contribution in [0.4, 0.5) is 5.69 Å². The van der Waals surface area contributed by atoms with Crippen LogP contribution in [0.3, 0.4) is 0 Å². The van der Waals surface area contributed by atoms with E-state index in [9.17, 15) is 10.1 Å². The number of nitro groups is 1. The molecule has 0 atom stereocenters. The van der Waals surface area contributed by atoms with Crippen LogP contribution >= 0.6 is 15.9 Å². The van der Waals surface area contributed by atoms with Gasteiger partial charge in [-0.15, -0.1) is 0 Å². The molecule has 0 bridgehead atoms. The number of nitrogens with zero attached hydrogens (tertiary/aromatic N) is 2. The number of halogens is 1. The van der Waals surface area contributed by atoms with Gasteiger partial charge in [-0.3, -0.25) is 10.1 Å². The molecule has 1 heterocycles. The maximum Gasteiger partial charge on any atom is 0.270 e. The molecule has 0 unspecified atom stereocenters. The number of aryl methyl sites for hydroxylation is 1. The number of aromatic nitrogens is 1. The molecule has 0 saturated heterocycles. The van der Waals surface area contributed by atoms with Crippen LogP contribution in [0.2, 0.25) is 0 Å². The second-order valence-corrected chi connectivity index (χ2v) is 3.86. The Balaban J connectivity index is 2.52. The van der Waals surface area contributed by atoms with Crippen molar-refractivity contribution in [2.45, 2.75) is 6.92 Å². The van der Waals surface area contributed by atoms with Crippen LogP contribution in [0.5, 0.6) is 0 Å².